The van der Waals surface area contributed by atoms with Gasteiger partial charge >= 0.3 is 0 Å². The molecule has 0 radical (unpaired) electrons. The van der Waals surface area contributed by atoms with Gasteiger partial charge in [0.2, 0.25) is 0 Å². The lowest BCUT2D eigenvalue weighted by molar-refractivity contribution is 0.805. The summed E-state index contributed by atoms with van der Waals surface area (Å²) in [7, 11) is 0. The number of rotatable bonds is 6. The maximum atomic E-state index is 4.36. The van der Waals surface area contributed by atoms with E-state index >= 15 is 0 Å². The molecule has 1 rings (SSSR count). The Labute approximate surface area is 100 Å². The van der Waals surface area contributed by atoms with E-state index in [0.717, 1.165) is 5.25 Å². The molecule has 4 heteroatoms. The van der Waals surface area contributed by atoms with Crippen LogP contribution in [0.3, 0.4) is 0 Å². The molecule has 1 aliphatic heterocycles. The van der Waals surface area contributed by atoms with E-state index in [4.69, 9.17) is 0 Å². The van der Waals surface area contributed by atoms with E-state index in [1.165, 1.54) is 35.2 Å². The van der Waals surface area contributed by atoms with E-state index in [1.54, 1.807) is 0 Å². The van der Waals surface area contributed by atoms with Gasteiger partial charge < -0.3 is 0 Å². The predicted octanol–water partition coefficient (Wildman–Crippen LogP) is 3.62. The maximum absolute atomic E-state index is 4.36. The van der Waals surface area contributed by atoms with Gasteiger partial charge in [0.15, 0.2) is 0 Å². The van der Waals surface area contributed by atoms with Crippen LogP contribution in [0.25, 0.3) is 0 Å². The van der Waals surface area contributed by atoms with Crippen LogP contribution in [0.15, 0.2) is 0 Å². The van der Waals surface area contributed by atoms with E-state index in [-0.39, 0.29) is 0 Å². The molecule has 0 aromatic rings. The quantitative estimate of drug-likeness (QED) is 0.568. The Kier molecular flexibility index (Phi) is 7.35. The molecule has 1 heterocycles. The number of thioether (sulfide) groups is 3. The third-order valence-corrected chi connectivity index (χ3v) is 6.54. The Bertz CT molecular complexity index is 121. The molecule has 1 aliphatic rings. The van der Waals surface area contributed by atoms with Gasteiger partial charge in [0.25, 0.3) is 0 Å². The summed E-state index contributed by atoms with van der Waals surface area (Å²) in [4.78, 5) is 0. The Morgan fingerprint density at radius 2 is 2.46 bits per heavy atom. The smallest absolute Gasteiger partial charge is 0.0395 e. The van der Waals surface area contributed by atoms with Crippen LogP contribution >= 0.6 is 47.9 Å². The van der Waals surface area contributed by atoms with Crippen LogP contribution in [0.2, 0.25) is 0 Å². The second-order valence-corrected chi connectivity index (χ2v) is 8.06. The largest absolute Gasteiger partial charge is 0.175 e. The van der Waals surface area contributed by atoms with E-state index < -0.39 is 0 Å². The summed E-state index contributed by atoms with van der Waals surface area (Å²) < 4.78 is 0. The van der Waals surface area contributed by atoms with Crippen molar-refractivity contribution in [1.82, 2.24) is 0 Å². The zero-order chi connectivity index (χ0) is 9.52. The molecular weight excluding hydrogens is 236 g/mol. The molecule has 2 atom stereocenters. The Morgan fingerprint density at radius 1 is 1.62 bits per heavy atom. The minimum absolute atomic E-state index is 0.557. The first kappa shape index (κ1) is 12.5. The summed E-state index contributed by atoms with van der Waals surface area (Å²) in [6.07, 6.45) is 2.81. The summed E-state index contributed by atoms with van der Waals surface area (Å²) >= 11 is 10.7. The van der Waals surface area contributed by atoms with Gasteiger partial charge in [-0.15, -0.1) is 23.5 Å². The lowest BCUT2D eigenvalue weighted by Gasteiger charge is -2.07. The van der Waals surface area contributed by atoms with Crippen LogP contribution < -0.4 is 0 Å². The van der Waals surface area contributed by atoms with Gasteiger partial charge in [-0.1, -0.05) is 6.92 Å². The van der Waals surface area contributed by atoms with Gasteiger partial charge in [0.1, 0.15) is 0 Å². The maximum Gasteiger partial charge on any atom is 0.0395 e. The first-order valence-electron chi connectivity index (χ1n) is 4.74. The first-order chi connectivity index (χ1) is 6.29. The van der Waals surface area contributed by atoms with Crippen molar-refractivity contribution in [3.05, 3.63) is 0 Å². The van der Waals surface area contributed by atoms with Crippen molar-refractivity contribution in [3.8, 4) is 0 Å². The Balaban J connectivity index is 1.83. The van der Waals surface area contributed by atoms with Crippen LogP contribution in [0.1, 0.15) is 19.8 Å². The van der Waals surface area contributed by atoms with Crippen molar-refractivity contribution in [2.45, 2.75) is 30.3 Å². The highest BCUT2D eigenvalue weighted by Crippen LogP contribution is 2.32. The Morgan fingerprint density at radius 3 is 3.08 bits per heavy atom. The molecular formula is C9H18S4. The molecule has 0 N–H and O–H groups in total. The standard InChI is InChI=1S/C9H18S4/c1-8(10)5-11-4-2-3-9-6-12-7-13-9/h8-10H,2-7H2,1H3. The predicted molar refractivity (Wildman–Crippen MR) is 73.7 cm³/mol. The van der Waals surface area contributed by atoms with Crippen LogP contribution in [0.5, 0.6) is 0 Å². The molecule has 0 aromatic carbocycles. The monoisotopic (exact) mass is 254 g/mol. The summed E-state index contributed by atoms with van der Waals surface area (Å²) in [5.74, 6) is 3.92. The molecule has 0 aliphatic carbocycles. The van der Waals surface area contributed by atoms with Gasteiger partial charge in [-0.25, -0.2) is 0 Å². The van der Waals surface area contributed by atoms with E-state index in [0.29, 0.717) is 5.25 Å². The third kappa shape index (κ3) is 6.47. The van der Waals surface area contributed by atoms with Crippen LogP contribution in [-0.4, -0.2) is 32.8 Å². The number of thiol groups is 1. The molecule has 13 heavy (non-hydrogen) atoms. The highest BCUT2D eigenvalue weighted by molar-refractivity contribution is 8.19. The lowest BCUT2D eigenvalue weighted by Crippen LogP contribution is -2.02. The van der Waals surface area contributed by atoms with Gasteiger partial charge in [0, 0.05) is 27.1 Å². The van der Waals surface area contributed by atoms with Gasteiger partial charge in [-0.3, -0.25) is 0 Å². The average molecular weight is 255 g/mol. The van der Waals surface area contributed by atoms with Gasteiger partial charge in [-0.2, -0.15) is 24.4 Å². The van der Waals surface area contributed by atoms with Crippen LogP contribution in [0, 0.1) is 0 Å². The van der Waals surface area contributed by atoms with Crippen molar-refractivity contribution < 1.29 is 0 Å². The normalized spacial score (nSPS) is 24.9. The summed E-state index contributed by atoms with van der Waals surface area (Å²) in [6.45, 7) is 2.17. The van der Waals surface area contributed by atoms with Crippen molar-refractivity contribution >= 4 is 47.9 Å². The summed E-state index contributed by atoms with van der Waals surface area (Å²) in [5, 5.41) is 2.84. The third-order valence-electron chi connectivity index (χ3n) is 1.86. The molecule has 0 aromatic heterocycles. The fourth-order valence-electron chi connectivity index (χ4n) is 1.21. The number of hydrogen-bond donors (Lipinski definition) is 1. The molecule has 0 spiro atoms. The topological polar surface area (TPSA) is 0 Å². The van der Waals surface area contributed by atoms with Crippen molar-refractivity contribution in [1.29, 1.82) is 0 Å². The molecule has 1 fully saturated rings. The minimum Gasteiger partial charge on any atom is -0.175 e. The average Bonchev–Trinajstić information content (AvgIpc) is 2.55. The summed E-state index contributed by atoms with van der Waals surface area (Å²) in [6, 6.07) is 0. The summed E-state index contributed by atoms with van der Waals surface area (Å²) in [5.41, 5.74) is 0. The van der Waals surface area contributed by atoms with E-state index in [9.17, 15) is 0 Å². The molecule has 2 unspecified atom stereocenters. The molecule has 0 nitrogen and oxygen atoms in total. The van der Waals surface area contributed by atoms with Crippen molar-refractivity contribution in [2.24, 2.45) is 0 Å². The molecule has 0 bridgehead atoms. The fourth-order valence-corrected chi connectivity index (χ4v) is 5.38. The van der Waals surface area contributed by atoms with Crippen molar-refractivity contribution in [3.63, 3.8) is 0 Å². The molecule has 0 saturated carbocycles. The lowest BCUT2D eigenvalue weighted by atomic mass is 10.3. The molecule has 0 amide bonds. The van der Waals surface area contributed by atoms with Gasteiger partial charge in [-0.05, 0) is 18.6 Å². The van der Waals surface area contributed by atoms with Crippen LogP contribution in [0.4, 0.5) is 0 Å². The highest BCUT2D eigenvalue weighted by atomic mass is 32.2. The highest BCUT2D eigenvalue weighted by Gasteiger charge is 2.14. The van der Waals surface area contributed by atoms with E-state index in [2.05, 4.69) is 54.8 Å². The second kappa shape index (κ2) is 7.66. The molecule has 78 valence electrons. The zero-order valence-electron chi connectivity index (χ0n) is 8.07. The second-order valence-electron chi connectivity index (χ2n) is 3.34. The SMILES string of the molecule is CC(S)CSCCCC1CSCS1. The van der Waals surface area contributed by atoms with Crippen LogP contribution in [-0.2, 0) is 0 Å². The zero-order valence-corrected chi connectivity index (χ0v) is 11.4. The van der Waals surface area contributed by atoms with Crippen molar-refractivity contribution in [2.75, 3.05) is 22.3 Å². The minimum atomic E-state index is 0.557. The fraction of sp³-hybridized carbons (Fsp3) is 1.00. The Hall–Kier alpha value is 1.40. The first-order valence-corrected chi connectivity index (χ1v) is 8.61. The molecule has 1 saturated heterocycles. The number of hydrogen-bond acceptors (Lipinski definition) is 4. The van der Waals surface area contributed by atoms with E-state index in [1.807, 2.05) is 0 Å². The van der Waals surface area contributed by atoms with Gasteiger partial charge in [0.05, 0.1) is 0 Å².